The van der Waals surface area contributed by atoms with E-state index in [2.05, 4.69) is 10.1 Å². The van der Waals surface area contributed by atoms with Gasteiger partial charge in [0.15, 0.2) is 0 Å². The van der Waals surface area contributed by atoms with Crippen molar-refractivity contribution in [2.24, 2.45) is 0 Å². The van der Waals surface area contributed by atoms with Crippen LogP contribution in [0, 0.1) is 12.7 Å². The third-order valence-corrected chi connectivity index (χ3v) is 2.17. The summed E-state index contributed by atoms with van der Waals surface area (Å²) >= 11 is 5.86. The number of benzene rings is 1. The van der Waals surface area contributed by atoms with Crippen molar-refractivity contribution in [3.8, 4) is 5.69 Å². The number of para-hydroxylation sites is 1. The van der Waals surface area contributed by atoms with Gasteiger partial charge >= 0.3 is 0 Å². The van der Waals surface area contributed by atoms with Gasteiger partial charge in [-0.3, -0.25) is 0 Å². The first-order valence-electron chi connectivity index (χ1n) is 4.01. The van der Waals surface area contributed by atoms with E-state index in [1.165, 1.54) is 17.1 Å². The molecule has 2 aromatic rings. The molecule has 0 aliphatic rings. The third kappa shape index (κ3) is 1.37. The molecule has 0 saturated carbocycles. The average Bonchev–Trinajstić information content (AvgIpc) is 2.52. The standard InChI is InChI=1S/C9H7ClFN3/c1-6-12-5-13-14(6)9-7(10)3-2-4-8(9)11/h2-5H,1H3. The van der Waals surface area contributed by atoms with Crippen LogP contribution >= 0.6 is 11.6 Å². The van der Waals surface area contributed by atoms with Crippen LogP contribution in [0.2, 0.25) is 5.02 Å². The van der Waals surface area contributed by atoms with Crippen LogP contribution in [0.4, 0.5) is 4.39 Å². The predicted octanol–water partition coefficient (Wildman–Crippen LogP) is 2.37. The molecule has 0 N–H and O–H groups in total. The van der Waals surface area contributed by atoms with Gasteiger partial charge in [0.05, 0.1) is 5.02 Å². The summed E-state index contributed by atoms with van der Waals surface area (Å²) in [6.45, 7) is 1.73. The maximum atomic E-state index is 13.4. The van der Waals surface area contributed by atoms with Gasteiger partial charge in [-0.2, -0.15) is 5.10 Å². The molecule has 0 aliphatic carbocycles. The number of hydrogen-bond donors (Lipinski definition) is 0. The van der Waals surface area contributed by atoms with E-state index in [0.29, 0.717) is 10.8 Å². The minimum atomic E-state index is -0.411. The van der Waals surface area contributed by atoms with Crippen molar-refractivity contribution in [3.05, 3.63) is 41.2 Å². The minimum Gasteiger partial charge on any atom is -0.220 e. The van der Waals surface area contributed by atoms with Crippen LogP contribution in [-0.2, 0) is 0 Å². The fourth-order valence-electron chi connectivity index (χ4n) is 1.21. The number of halogens is 2. The number of rotatable bonds is 1. The summed E-state index contributed by atoms with van der Waals surface area (Å²) in [6, 6.07) is 4.50. The molecule has 0 amide bonds. The molecule has 5 heteroatoms. The molecule has 0 fully saturated rings. The van der Waals surface area contributed by atoms with Crippen LogP contribution in [0.5, 0.6) is 0 Å². The Labute approximate surface area is 85.1 Å². The van der Waals surface area contributed by atoms with Gasteiger partial charge in [-0.05, 0) is 19.1 Å². The van der Waals surface area contributed by atoms with E-state index in [-0.39, 0.29) is 5.69 Å². The monoisotopic (exact) mass is 211 g/mol. The molecular weight excluding hydrogens is 205 g/mol. The number of hydrogen-bond acceptors (Lipinski definition) is 2. The average molecular weight is 212 g/mol. The molecule has 0 radical (unpaired) electrons. The Hall–Kier alpha value is -1.42. The maximum Gasteiger partial charge on any atom is 0.150 e. The fourth-order valence-corrected chi connectivity index (χ4v) is 1.45. The van der Waals surface area contributed by atoms with Crippen molar-refractivity contribution in [2.75, 3.05) is 0 Å². The molecule has 0 spiro atoms. The largest absolute Gasteiger partial charge is 0.220 e. The summed E-state index contributed by atoms with van der Waals surface area (Å²) in [5.74, 6) is 0.183. The lowest BCUT2D eigenvalue weighted by atomic mass is 10.3. The van der Waals surface area contributed by atoms with Crippen LogP contribution in [-0.4, -0.2) is 14.8 Å². The zero-order chi connectivity index (χ0) is 10.1. The van der Waals surface area contributed by atoms with E-state index < -0.39 is 5.82 Å². The molecule has 0 unspecified atom stereocenters. The lowest BCUT2D eigenvalue weighted by Crippen LogP contribution is -2.02. The topological polar surface area (TPSA) is 30.7 Å². The van der Waals surface area contributed by atoms with Gasteiger partial charge in [0, 0.05) is 0 Å². The van der Waals surface area contributed by atoms with Gasteiger partial charge in [-0.15, -0.1) is 0 Å². The molecular formula is C9H7ClFN3. The molecule has 3 nitrogen and oxygen atoms in total. The molecule has 0 atom stereocenters. The van der Waals surface area contributed by atoms with E-state index in [1.807, 2.05) is 0 Å². The summed E-state index contributed by atoms with van der Waals surface area (Å²) in [4.78, 5) is 3.90. The first-order valence-corrected chi connectivity index (χ1v) is 4.39. The van der Waals surface area contributed by atoms with Gasteiger partial charge in [0.2, 0.25) is 0 Å². The summed E-state index contributed by atoms with van der Waals surface area (Å²) in [5.41, 5.74) is 0.240. The van der Waals surface area contributed by atoms with E-state index >= 15 is 0 Å². The highest BCUT2D eigenvalue weighted by atomic mass is 35.5. The van der Waals surface area contributed by atoms with E-state index in [9.17, 15) is 4.39 Å². The molecule has 0 bridgehead atoms. The summed E-state index contributed by atoms with van der Waals surface area (Å²) in [6.07, 6.45) is 1.36. The maximum absolute atomic E-state index is 13.4. The molecule has 1 aromatic heterocycles. The van der Waals surface area contributed by atoms with Crippen LogP contribution in [0.25, 0.3) is 5.69 Å². The highest BCUT2D eigenvalue weighted by molar-refractivity contribution is 6.32. The second-order valence-corrected chi connectivity index (χ2v) is 3.20. The normalized spacial score (nSPS) is 10.5. The Balaban J connectivity index is 2.68. The molecule has 0 saturated heterocycles. The Bertz CT molecular complexity index is 447. The van der Waals surface area contributed by atoms with Crippen molar-refractivity contribution in [1.82, 2.24) is 14.8 Å². The Kier molecular flexibility index (Phi) is 2.21. The van der Waals surface area contributed by atoms with Crippen LogP contribution in [0.1, 0.15) is 5.82 Å². The SMILES string of the molecule is Cc1ncnn1-c1c(F)cccc1Cl. The van der Waals surface area contributed by atoms with Crippen molar-refractivity contribution in [3.63, 3.8) is 0 Å². The zero-order valence-corrected chi connectivity index (χ0v) is 8.16. The lowest BCUT2D eigenvalue weighted by Gasteiger charge is -2.06. The number of nitrogens with zero attached hydrogens (tertiary/aromatic N) is 3. The number of aryl methyl sites for hydroxylation is 1. The highest BCUT2D eigenvalue weighted by Crippen LogP contribution is 2.22. The fraction of sp³-hybridized carbons (Fsp3) is 0.111. The first-order chi connectivity index (χ1) is 6.70. The van der Waals surface area contributed by atoms with E-state index in [4.69, 9.17) is 11.6 Å². The van der Waals surface area contributed by atoms with Crippen LogP contribution < -0.4 is 0 Å². The second-order valence-electron chi connectivity index (χ2n) is 2.79. The highest BCUT2D eigenvalue weighted by Gasteiger charge is 2.11. The van der Waals surface area contributed by atoms with Gasteiger partial charge in [-0.1, -0.05) is 17.7 Å². The molecule has 2 rings (SSSR count). The van der Waals surface area contributed by atoms with Crippen molar-refractivity contribution < 1.29 is 4.39 Å². The van der Waals surface area contributed by atoms with Gasteiger partial charge < -0.3 is 0 Å². The van der Waals surface area contributed by atoms with E-state index in [0.717, 1.165) is 0 Å². The quantitative estimate of drug-likeness (QED) is 0.725. The predicted molar refractivity (Wildman–Crippen MR) is 51.1 cm³/mol. The van der Waals surface area contributed by atoms with Gasteiger partial charge in [0.25, 0.3) is 0 Å². The molecule has 14 heavy (non-hydrogen) atoms. The molecule has 0 aliphatic heterocycles. The van der Waals surface area contributed by atoms with Crippen LogP contribution in [0.3, 0.4) is 0 Å². The molecule has 1 aromatic carbocycles. The molecule has 72 valence electrons. The van der Waals surface area contributed by atoms with E-state index in [1.54, 1.807) is 19.1 Å². The summed E-state index contributed by atoms with van der Waals surface area (Å²) in [5, 5.41) is 4.21. The van der Waals surface area contributed by atoms with Gasteiger partial charge in [0.1, 0.15) is 23.7 Å². The zero-order valence-electron chi connectivity index (χ0n) is 7.41. The molecule has 1 heterocycles. The first kappa shape index (κ1) is 9.15. The summed E-state index contributed by atoms with van der Waals surface area (Å²) < 4.78 is 14.8. The van der Waals surface area contributed by atoms with Crippen molar-refractivity contribution in [2.45, 2.75) is 6.92 Å². The smallest absolute Gasteiger partial charge is 0.150 e. The Morgan fingerprint density at radius 2 is 2.21 bits per heavy atom. The minimum absolute atomic E-state index is 0.240. The van der Waals surface area contributed by atoms with Gasteiger partial charge in [-0.25, -0.2) is 14.1 Å². The Morgan fingerprint density at radius 1 is 1.43 bits per heavy atom. The lowest BCUT2D eigenvalue weighted by molar-refractivity contribution is 0.608. The van der Waals surface area contributed by atoms with Crippen molar-refractivity contribution >= 4 is 11.6 Å². The Morgan fingerprint density at radius 3 is 2.79 bits per heavy atom. The van der Waals surface area contributed by atoms with Crippen LogP contribution in [0.15, 0.2) is 24.5 Å². The second kappa shape index (κ2) is 3.38. The number of aromatic nitrogens is 3. The summed E-state index contributed by atoms with van der Waals surface area (Å²) in [7, 11) is 0. The third-order valence-electron chi connectivity index (χ3n) is 1.87. The van der Waals surface area contributed by atoms with Crippen molar-refractivity contribution in [1.29, 1.82) is 0 Å².